The van der Waals surface area contributed by atoms with Crippen molar-refractivity contribution in [2.75, 3.05) is 14.2 Å². The lowest BCUT2D eigenvalue weighted by atomic mass is 9.95. The minimum absolute atomic E-state index is 0.199. The number of carbonyl (C=O) groups is 2. The van der Waals surface area contributed by atoms with Crippen LogP contribution in [0.5, 0.6) is 11.5 Å². The highest BCUT2D eigenvalue weighted by atomic mass is 16.5. The molecule has 0 aromatic heterocycles. The number of rotatable bonds is 5. The second-order valence-corrected chi connectivity index (χ2v) is 4.50. The summed E-state index contributed by atoms with van der Waals surface area (Å²) in [6, 6.07) is 11.9. The fraction of sp³-hybridized carbons (Fsp3) is 0.176. The van der Waals surface area contributed by atoms with Gasteiger partial charge in [0.1, 0.15) is 0 Å². The maximum absolute atomic E-state index is 12.6. The second-order valence-electron chi connectivity index (χ2n) is 4.50. The van der Waals surface area contributed by atoms with Crippen LogP contribution in [0.3, 0.4) is 0 Å². The van der Waals surface area contributed by atoms with Gasteiger partial charge in [0.25, 0.3) is 0 Å². The molecule has 0 N–H and O–H groups in total. The van der Waals surface area contributed by atoms with Gasteiger partial charge in [0.05, 0.1) is 14.2 Å². The molecule has 0 aliphatic heterocycles. The summed E-state index contributed by atoms with van der Waals surface area (Å²) in [4.78, 5) is 24.4. The molecule has 0 bridgehead atoms. The molecule has 0 spiro atoms. The topological polar surface area (TPSA) is 52.6 Å². The summed E-state index contributed by atoms with van der Waals surface area (Å²) in [5.74, 6) is 0.422. The maximum atomic E-state index is 12.6. The third-order valence-corrected chi connectivity index (χ3v) is 3.18. The summed E-state index contributed by atoms with van der Waals surface area (Å²) in [6.45, 7) is 1.42. The zero-order chi connectivity index (χ0) is 15.4. The number of ketones is 2. The average molecular weight is 284 g/mol. The fourth-order valence-corrected chi connectivity index (χ4v) is 2.10. The largest absolute Gasteiger partial charge is 0.493 e. The van der Waals surface area contributed by atoms with Gasteiger partial charge >= 0.3 is 0 Å². The van der Waals surface area contributed by atoms with Gasteiger partial charge in [0.15, 0.2) is 23.1 Å². The Kier molecular flexibility index (Phi) is 4.38. The van der Waals surface area contributed by atoms with Crippen molar-refractivity contribution in [2.45, 2.75) is 6.92 Å². The third-order valence-electron chi connectivity index (χ3n) is 3.18. The number of Topliss-reactive ketones (excluding diaryl/α,β-unsaturated/α-hetero) is 1. The lowest BCUT2D eigenvalue weighted by Gasteiger charge is -2.13. The van der Waals surface area contributed by atoms with Crippen LogP contribution in [-0.2, 0) is 0 Å². The lowest BCUT2D eigenvalue weighted by molar-refractivity contribution is 0.0989. The van der Waals surface area contributed by atoms with E-state index in [1.807, 2.05) is 6.07 Å². The molecule has 0 aliphatic rings. The van der Waals surface area contributed by atoms with Crippen molar-refractivity contribution >= 4 is 11.6 Å². The molecule has 0 heterocycles. The lowest BCUT2D eigenvalue weighted by Crippen LogP contribution is -2.09. The number of carbonyl (C=O) groups excluding carboxylic acids is 2. The van der Waals surface area contributed by atoms with Gasteiger partial charge in [-0.25, -0.2) is 0 Å². The quantitative estimate of drug-likeness (QED) is 0.791. The van der Waals surface area contributed by atoms with Crippen LogP contribution in [-0.4, -0.2) is 25.8 Å². The summed E-state index contributed by atoms with van der Waals surface area (Å²) in [5.41, 5.74) is 1.15. The van der Waals surface area contributed by atoms with Gasteiger partial charge in [0, 0.05) is 16.7 Å². The molecule has 0 aliphatic carbocycles. The summed E-state index contributed by atoms with van der Waals surface area (Å²) in [6.07, 6.45) is 0. The van der Waals surface area contributed by atoms with Crippen molar-refractivity contribution in [2.24, 2.45) is 0 Å². The van der Waals surface area contributed by atoms with Gasteiger partial charge in [-0.1, -0.05) is 30.3 Å². The zero-order valence-electron chi connectivity index (χ0n) is 12.2. The first kappa shape index (κ1) is 14.8. The molecule has 0 radical (unpaired) electrons. The number of benzene rings is 2. The SMILES string of the molecule is COc1cc(C(C)=O)c(C(=O)c2ccccc2)cc1OC. The molecule has 108 valence electrons. The summed E-state index contributed by atoms with van der Waals surface area (Å²) < 4.78 is 10.4. The Morgan fingerprint density at radius 2 is 1.38 bits per heavy atom. The van der Waals surface area contributed by atoms with Crippen LogP contribution < -0.4 is 9.47 Å². The van der Waals surface area contributed by atoms with Crippen molar-refractivity contribution in [1.29, 1.82) is 0 Å². The Morgan fingerprint density at radius 1 is 0.857 bits per heavy atom. The van der Waals surface area contributed by atoms with E-state index in [-0.39, 0.29) is 11.6 Å². The number of hydrogen-bond acceptors (Lipinski definition) is 4. The number of methoxy groups -OCH3 is 2. The first-order chi connectivity index (χ1) is 10.1. The Labute approximate surface area is 123 Å². The van der Waals surface area contributed by atoms with Crippen molar-refractivity contribution < 1.29 is 19.1 Å². The van der Waals surface area contributed by atoms with Crippen LogP contribution in [0, 0.1) is 0 Å². The monoisotopic (exact) mass is 284 g/mol. The van der Waals surface area contributed by atoms with E-state index in [0.29, 0.717) is 28.2 Å². The molecule has 0 amide bonds. The van der Waals surface area contributed by atoms with E-state index in [0.717, 1.165) is 0 Å². The van der Waals surface area contributed by atoms with Gasteiger partial charge < -0.3 is 9.47 Å². The Bertz CT molecular complexity index is 675. The first-order valence-electron chi connectivity index (χ1n) is 6.45. The van der Waals surface area contributed by atoms with Crippen molar-refractivity contribution in [3.63, 3.8) is 0 Å². The van der Waals surface area contributed by atoms with Crippen LogP contribution in [0.2, 0.25) is 0 Å². The van der Waals surface area contributed by atoms with Gasteiger partial charge in [-0.2, -0.15) is 0 Å². The van der Waals surface area contributed by atoms with E-state index < -0.39 is 0 Å². The van der Waals surface area contributed by atoms with E-state index in [4.69, 9.17) is 9.47 Å². The van der Waals surface area contributed by atoms with E-state index in [1.165, 1.54) is 27.2 Å². The van der Waals surface area contributed by atoms with Gasteiger partial charge in [-0.05, 0) is 19.1 Å². The zero-order valence-corrected chi connectivity index (χ0v) is 12.2. The Hall–Kier alpha value is -2.62. The van der Waals surface area contributed by atoms with Crippen molar-refractivity contribution in [3.8, 4) is 11.5 Å². The molecule has 0 fully saturated rings. The maximum Gasteiger partial charge on any atom is 0.193 e. The standard InChI is InChI=1S/C17H16O4/c1-11(18)13-9-15(20-2)16(21-3)10-14(13)17(19)12-7-5-4-6-8-12/h4-10H,1-3H3. The van der Waals surface area contributed by atoms with Crippen LogP contribution in [0.1, 0.15) is 33.2 Å². The molecule has 4 nitrogen and oxygen atoms in total. The highest BCUT2D eigenvalue weighted by Gasteiger charge is 2.20. The predicted octanol–water partition coefficient (Wildman–Crippen LogP) is 3.14. The Balaban J connectivity index is 2.61. The minimum Gasteiger partial charge on any atom is -0.493 e. The number of hydrogen-bond donors (Lipinski definition) is 0. The Morgan fingerprint density at radius 3 is 1.86 bits per heavy atom. The minimum atomic E-state index is -0.221. The van der Waals surface area contributed by atoms with Crippen LogP contribution in [0.4, 0.5) is 0 Å². The van der Waals surface area contributed by atoms with Crippen LogP contribution in [0.15, 0.2) is 42.5 Å². The predicted molar refractivity (Wildman–Crippen MR) is 79.4 cm³/mol. The van der Waals surface area contributed by atoms with Crippen LogP contribution >= 0.6 is 0 Å². The smallest absolute Gasteiger partial charge is 0.193 e. The van der Waals surface area contributed by atoms with Gasteiger partial charge in [-0.3, -0.25) is 9.59 Å². The van der Waals surface area contributed by atoms with Crippen LogP contribution in [0.25, 0.3) is 0 Å². The third kappa shape index (κ3) is 2.94. The van der Waals surface area contributed by atoms with E-state index >= 15 is 0 Å². The molecule has 0 unspecified atom stereocenters. The van der Waals surface area contributed by atoms with E-state index in [1.54, 1.807) is 30.3 Å². The molecule has 0 saturated carbocycles. The van der Waals surface area contributed by atoms with E-state index in [9.17, 15) is 9.59 Å². The molecule has 2 aromatic rings. The molecular formula is C17H16O4. The highest BCUT2D eigenvalue weighted by Crippen LogP contribution is 2.31. The normalized spacial score (nSPS) is 10.0. The van der Waals surface area contributed by atoms with Gasteiger partial charge in [0.2, 0.25) is 0 Å². The molecule has 0 saturated heterocycles. The second kappa shape index (κ2) is 6.22. The summed E-state index contributed by atoms with van der Waals surface area (Å²) >= 11 is 0. The van der Waals surface area contributed by atoms with Crippen molar-refractivity contribution in [3.05, 3.63) is 59.2 Å². The molecule has 21 heavy (non-hydrogen) atoms. The fourth-order valence-electron chi connectivity index (χ4n) is 2.10. The molecule has 2 aromatic carbocycles. The molecule has 4 heteroatoms. The van der Waals surface area contributed by atoms with Gasteiger partial charge in [-0.15, -0.1) is 0 Å². The number of ether oxygens (including phenoxy) is 2. The first-order valence-corrected chi connectivity index (χ1v) is 6.45. The highest BCUT2D eigenvalue weighted by molar-refractivity contribution is 6.15. The summed E-state index contributed by atoms with van der Waals surface area (Å²) in [5, 5.41) is 0. The van der Waals surface area contributed by atoms with Crippen molar-refractivity contribution in [1.82, 2.24) is 0 Å². The molecule has 0 atom stereocenters. The molecule has 2 rings (SSSR count). The summed E-state index contributed by atoms with van der Waals surface area (Å²) in [7, 11) is 2.97. The molecular weight excluding hydrogens is 268 g/mol. The van der Waals surface area contributed by atoms with E-state index in [2.05, 4.69) is 0 Å². The average Bonchev–Trinajstić information content (AvgIpc) is 2.53.